The van der Waals surface area contributed by atoms with Crippen molar-refractivity contribution in [1.29, 1.82) is 0 Å². The maximum atomic E-state index is 13.7. The third-order valence-corrected chi connectivity index (χ3v) is 3.11. The van der Waals surface area contributed by atoms with Crippen LogP contribution in [0.1, 0.15) is 5.56 Å². The van der Waals surface area contributed by atoms with Crippen molar-refractivity contribution in [2.45, 2.75) is 6.54 Å². The van der Waals surface area contributed by atoms with Crippen molar-refractivity contribution in [3.8, 4) is 5.75 Å². The van der Waals surface area contributed by atoms with Crippen LogP contribution in [0.15, 0.2) is 36.4 Å². The molecule has 21 heavy (non-hydrogen) atoms. The second-order valence-corrected chi connectivity index (χ2v) is 4.67. The number of halogens is 2. The Hall–Kier alpha value is -2.34. The number of hydrogen-bond donors (Lipinski definition) is 1. The Labute approximate surface area is 125 Å². The van der Waals surface area contributed by atoms with Crippen molar-refractivity contribution in [3.05, 3.63) is 62.9 Å². The van der Waals surface area contributed by atoms with Crippen LogP contribution in [-0.4, -0.2) is 12.0 Å². The van der Waals surface area contributed by atoms with Gasteiger partial charge in [-0.3, -0.25) is 10.1 Å². The Morgan fingerprint density at radius 3 is 2.71 bits per heavy atom. The summed E-state index contributed by atoms with van der Waals surface area (Å²) < 4.78 is 18.8. The smallest absolute Gasteiger partial charge is 0.271 e. The number of rotatable bonds is 5. The highest BCUT2D eigenvalue weighted by Crippen LogP contribution is 2.29. The topological polar surface area (TPSA) is 64.4 Å². The molecule has 0 heterocycles. The fourth-order valence-corrected chi connectivity index (χ4v) is 1.96. The molecule has 0 aromatic heterocycles. The molecule has 0 spiro atoms. The van der Waals surface area contributed by atoms with Crippen LogP contribution in [0.5, 0.6) is 5.75 Å². The Balaban J connectivity index is 2.22. The first-order valence-corrected chi connectivity index (χ1v) is 6.39. The van der Waals surface area contributed by atoms with Gasteiger partial charge in [-0.1, -0.05) is 17.7 Å². The van der Waals surface area contributed by atoms with Gasteiger partial charge in [-0.05, 0) is 18.2 Å². The second-order valence-electron chi connectivity index (χ2n) is 4.23. The lowest BCUT2D eigenvalue weighted by atomic mass is 10.2. The largest absolute Gasteiger partial charge is 0.495 e. The average Bonchev–Trinajstić information content (AvgIpc) is 2.46. The summed E-state index contributed by atoms with van der Waals surface area (Å²) in [7, 11) is 1.45. The highest BCUT2D eigenvalue weighted by Gasteiger charge is 2.12. The summed E-state index contributed by atoms with van der Waals surface area (Å²) in [5, 5.41) is 14.0. The van der Waals surface area contributed by atoms with Gasteiger partial charge in [0.2, 0.25) is 0 Å². The van der Waals surface area contributed by atoms with Crippen molar-refractivity contribution in [3.63, 3.8) is 0 Å². The molecule has 0 atom stereocenters. The first-order valence-electron chi connectivity index (χ1n) is 6.01. The average molecular weight is 311 g/mol. The molecule has 7 heteroatoms. The highest BCUT2D eigenvalue weighted by molar-refractivity contribution is 6.30. The standard InChI is InChI=1S/C14H12ClFN2O3/c1-21-14-5-4-11(18(19)20)7-13(14)17-8-9-2-3-10(15)6-12(9)16/h2-7,17H,8H2,1H3. The molecular formula is C14H12ClFN2O3. The van der Waals surface area contributed by atoms with Gasteiger partial charge in [0.25, 0.3) is 5.69 Å². The van der Waals surface area contributed by atoms with Gasteiger partial charge >= 0.3 is 0 Å². The van der Waals surface area contributed by atoms with E-state index in [1.54, 1.807) is 12.1 Å². The molecule has 0 radical (unpaired) electrons. The van der Waals surface area contributed by atoms with Crippen molar-refractivity contribution in [2.75, 3.05) is 12.4 Å². The van der Waals surface area contributed by atoms with Gasteiger partial charge < -0.3 is 10.1 Å². The minimum Gasteiger partial charge on any atom is -0.495 e. The van der Waals surface area contributed by atoms with Crippen LogP contribution in [0, 0.1) is 15.9 Å². The number of benzene rings is 2. The number of ether oxygens (including phenoxy) is 1. The molecule has 0 amide bonds. The summed E-state index contributed by atoms with van der Waals surface area (Å²) in [6.45, 7) is 0.153. The summed E-state index contributed by atoms with van der Waals surface area (Å²) >= 11 is 5.68. The molecule has 5 nitrogen and oxygen atoms in total. The monoisotopic (exact) mass is 310 g/mol. The molecule has 2 rings (SSSR count). The number of anilines is 1. The molecule has 0 bridgehead atoms. The van der Waals surface area contributed by atoms with Gasteiger partial charge in [0, 0.05) is 29.3 Å². The summed E-state index contributed by atoms with van der Waals surface area (Å²) in [4.78, 5) is 10.3. The zero-order valence-electron chi connectivity index (χ0n) is 11.1. The fourth-order valence-electron chi connectivity index (χ4n) is 1.80. The molecule has 2 aromatic rings. The Morgan fingerprint density at radius 2 is 2.10 bits per heavy atom. The number of nitrogens with one attached hydrogen (secondary N) is 1. The van der Waals surface area contributed by atoms with Gasteiger partial charge in [0.15, 0.2) is 0 Å². The number of hydrogen-bond acceptors (Lipinski definition) is 4. The van der Waals surface area contributed by atoms with E-state index in [0.717, 1.165) is 0 Å². The van der Waals surface area contributed by atoms with Crippen molar-refractivity contribution >= 4 is 23.0 Å². The first kappa shape index (κ1) is 15.1. The van der Waals surface area contributed by atoms with E-state index in [-0.39, 0.29) is 12.2 Å². The van der Waals surface area contributed by atoms with Crippen LogP contribution >= 0.6 is 11.6 Å². The molecule has 2 aromatic carbocycles. The predicted molar refractivity (Wildman–Crippen MR) is 78.4 cm³/mol. The third-order valence-electron chi connectivity index (χ3n) is 2.88. The molecule has 0 saturated heterocycles. The van der Waals surface area contributed by atoms with Crippen molar-refractivity contribution < 1.29 is 14.1 Å². The second kappa shape index (κ2) is 6.41. The Kier molecular flexibility index (Phi) is 4.59. The van der Waals surface area contributed by atoms with Crippen LogP contribution in [0.3, 0.4) is 0 Å². The predicted octanol–water partition coefficient (Wildman–Crippen LogP) is 4.01. The van der Waals surface area contributed by atoms with Crippen LogP contribution in [0.25, 0.3) is 0 Å². The lowest BCUT2D eigenvalue weighted by molar-refractivity contribution is -0.384. The molecule has 0 aliphatic heterocycles. The number of nitro benzene ring substituents is 1. The molecule has 110 valence electrons. The summed E-state index contributed by atoms with van der Waals surface area (Å²) in [6.07, 6.45) is 0. The lowest BCUT2D eigenvalue weighted by Gasteiger charge is -2.11. The first-order chi connectivity index (χ1) is 10.0. The van der Waals surface area contributed by atoms with E-state index in [1.165, 1.54) is 31.4 Å². The Morgan fingerprint density at radius 1 is 1.33 bits per heavy atom. The third kappa shape index (κ3) is 3.61. The maximum Gasteiger partial charge on any atom is 0.271 e. The minimum absolute atomic E-state index is 0.0742. The molecular weight excluding hydrogens is 299 g/mol. The van der Waals surface area contributed by atoms with Crippen LogP contribution in [-0.2, 0) is 6.54 Å². The van der Waals surface area contributed by atoms with Crippen molar-refractivity contribution in [1.82, 2.24) is 0 Å². The quantitative estimate of drug-likeness (QED) is 0.669. The number of methoxy groups -OCH3 is 1. The summed E-state index contributed by atoms with van der Waals surface area (Å²) in [6, 6.07) is 8.50. The highest BCUT2D eigenvalue weighted by atomic mass is 35.5. The van der Waals surface area contributed by atoms with Gasteiger partial charge in [0.05, 0.1) is 17.7 Å². The molecule has 1 N–H and O–H groups in total. The molecule has 0 fully saturated rings. The van der Waals surface area contributed by atoms with Crippen LogP contribution in [0.4, 0.5) is 15.8 Å². The van der Waals surface area contributed by atoms with E-state index in [1.807, 2.05) is 0 Å². The number of nitro groups is 1. The van der Waals surface area contributed by atoms with E-state index in [4.69, 9.17) is 16.3 Å². The fraction of sp³-hybridized carbons (Fsp3) is 0.143. The molecule has 0 aliphatic rings. The zero-order chi connectivity index (χ0) is 15.4. The van der Waals surface area contributed by atoms with Crippen molar-refractivity contribution in [2.24, 2.45) is 0 Å². The van der Waals surface area contributed by atoms with Gasteiger partial charge in [-0.25, -0.2) is 4.39 Å². The van der Waals surface area contributed by atoms with Gasteiger partial charge in [-0.2, -0.15) is 0 Å². The maximum absolute atomic E-state index is 13.7. The van der Waals surface area contributed by atoms with E-state index in [2.05, 4.69) is 5.32 Å². The van der Waals surface area contributed by atoms with E-state index in [9.17, 15) is 14.5 Å². The van der Waals surface area contributed by atoms with Gasteiger partial charge in [0.1, 0.15) is 11.6 Å². The number of non-ortho nitro benzene ring substituents is 1. The summed E-state index contributed by atoms with van der Waals surface area (Å²) in [5.41, 5.74) is 0.740. The van der Waals surface area contributed by atoms with E-state index in [0.29, 0.717) is 22.0 Å². The lowest BCUT2D eigenvalue weighted by Crippen LogP contribution is -2.04. The normalized spacial score (nSPS) is 10.2. The van der Waals surface area contributed by atoms with E-state index >= 15 is 0 Å². The Bertz CT molecular complexity index is 679. The van der Waals surface area contributed by atoms with E-state index < -0.39 is 10.7 Å². The molecule has 0 unspecified atom stereocenters. The van der Waals surface area contributed by atoms with Gasteiger partial charge in [-0.15, -0.1) is 0 Å². The minimum atomic E-state index is -0.506. The SMILES string of the molecule is COc1ccc([N+](=O)[O-])cc1NCc1ccc(Cl)cc1F. The van der Waals surface area contributed by atoms with Crippen LogP contribution in [0.2, 0.25) is 5.02 Å². The molecule has 0 saturated carbocycles. The number of nitrogens with zero attached hydrogens (tertiary/aromatic N) is 1. The zero-order valence-corrected chi connectivity index (χ0v) is 11.9. The summed E-state index contributed by atoms with van der Waals surface area (Å²) in [5.74, 6) is -0.00521. The van der Waals surface area contributed by atoms with Crippen LogP contribution < -0.4 is 10.1 Å². The molecule has 0 aliphatic carbocycles.